The minimum absolute atomic E-state index is 0.0389. The summed E-state index contributed by atoms with van der Waals surface area (Å²) in [5.74, 6) is 0.696. The standard InChI is InChI=1S/C46H54O6/c1-5-36(51-29-32-15-9-6-10-16-32)26-40(47)44-28-37-31(4)21-22-38(37)45(43-49-23-24-50-43)27-35(44)25-39(30(2)3)46(44,45)42(48)52-41(33-17-11-7-12-18-33)34-19-13-8-14-20-34/h5-20,25,30-31,35-38,40-41,43,47H,1,21-24,26-29H2,2-4H3/t31-,35?,36?,37-,38-,40-,44?,45?,46?/m1/s1. The van der Waals surface area contributed by atoms with Crippen LogP contribution in [0.3, 0.4) is 0 Å². The Labute approximate surface area is 309 Å². The number of benzene rings is 3. The zero-order chi connectivity index (χ0) is 36.1. The third-order valence-electron chi connectivity index (χ3n) is 13.9. The van der Waals surface area contributed by atoms with Crippen LogP contribution in [0.1, 0.15) is 75.7 Å². The molecule has 8 rings (SSSR count). The maximum Gasteiger partial charge on any atom is 0.318 e. The van der Waals surface area contributed by atoms with Crippen LogP contribution in [0.2, 0.25) is 0 Å². The van der Waals surface area contributed by atoms with Gasteiger partial charge in [0.15, 0.2) is 12.4 Å². The highest BCUT2D eigenvalue weighted by molar-refractivity contribution is 5.87. The smallest absolute Gasteiger partial charge is 0.318 e. The second kappa shape index (κ2) is 14.0. The second-order valence-corrected chi connectivity index (χ2v) is 16.4. The van der Waals surface area contributed by atoms with Crippen molar-refractivity contribution in [2.45, 2.75) is 84.1 Å². The molecule has 0 radical (unpaired) electrons. The van der Waals surface area contributed by atoms with Gasteiger partial charge in [0, 0.05) is 17.3 Å². The fourth-order valence-corrected chi connectivity index (χ4v) is 12.0. The fourth-order valence-electron chi connectivity index (χ4n) is 12.0. The van der Waals surface area contributed by atoms with Crippen LogP contribution in [0, 0.1) is 45.8 Å². The van der Waals surface area contributed by atoms with Gasteiger partial charge in [0.1, 0.15) is 5.41 Å². The summed E-state index contributed by atoms with van der Waals surface area (Å²) in [6.45, 7) is 12.3. The number of esters is 1. The molecule has 9 atom stereocenters. The van der Waals surface area contributed by atoms with Crippen LogP contribution in [-0.4, -0.2) is 42.8 Å². The molecule has 6 heteroatoms. The van der Waals surface area contributed by atoms with Crippen molar-refractivity contribution < 1.29 is 28.8 Å². The lowest BCUT2D eigenvalue weighted by molar-refractivity contribution is -0.256. The van der Waals surface area contributed by atoms with E-state index in [9.17, 15) is 5.11 Å². The predicted molar refractivity (Wildman–Crippen MR) is 201 cm³/mol. The maximum atomic E-state index is 16.2. The summed E-state index contributed by atoms with van der Waals surface area (Å²) in [4.78, 5) is 16.2. The predicted octanol–water partition coefficient (Wildman–Crippen LogP) is 8.86. The molecule has 0 aromatic heterocycles. The lowest BCUT2D eigenvalue weighted by Gasteiger charge is -2.63. The molecule has 5 unspecified atom stereocenters. The minimum Gasteiger partial charge on any atom is -0.452 e. The van der Waals surface area contributed by atoms with E-state index in [0.717, 1.165) is 47.9 Å². The van der Waals surface area contributed by atoms with Gasteiger partial charge >= 0.3 is 5.97 Å². The van der Waals surface area contributed by atoms with Crippen molar-refractivity contribution in [3.63, 3.8) is 0 Å². The number of aliphatic hydroxyl groups is 1. The third kappa shape index (κ3) is 5.23. The third-order valence-corrected chi connectivity index (χ3v) is 13.9. The number of rotatable bonds is 13. The monoisotopic (exact) mass is 702 g/mol. The Morgan fingerprint density at radius 1 is 0.923 bits per heavy atom. The molecule has 6 nitrogen and oxygen atoms in total. The molecule has 4 fully saturated rings. The van der Waals surface area contributed by atoms with Gasteiger partial charge in [-0.05, 0) is 65.5 Å². The van der Waals surface area contributed by atoms with Crippen molar-refractivity contribution in [3.8, 4) is 0 Å². The molecule has 0 amide bonds. The number of aliphatic hydroxyl groups excluding tert-OH is 1. The van der Waals surface area contributed by atoms with Gasteiger partial charge in [-0.3, -0.25) is 4.79 Å². The SMILES string of the molecule is C=CC(C[C@@H](O)C12C[C@@H]3[C@H](C)CC[C@H]3C3(C4OCCO4)CC1C=C(C(C)C)C23C(=O)OC(c1ccccc1)c1ccccc1)OCc1ccccc1. The van der Waals surface area contributed by atoms with Crippen molar-refractivity contribution in [1.29, 1.82) is 0 Å². The van der Waals surface area contributed by atoms with E-state index in [1.54, 1.807) is 0 Å². The first-order valence-electron chi connectivity index (χ1n) is 19.5. The molecule has 4 bridgehead atoms. The maximum absolute atomic E-state index is 16.2. The first kappa shape index (κ1) is 35.5. The summed E-state index contributed by atoms with van der Waals surface area (Å²) >= 11 is 0. The highest BCUT2D eigenvalue weighted by Crippen LogP contribution is 2.85. The van der Waals surface area contributed by atoms with Gasteiger partial charge in [-0.1, -0.05) is 136 Å². The van der Waals surface area contributed by atoms with E-state index >= 15 is 4.79 Å². The molecule has 5 aliphatic rings. The first-order chi connectivity index (χ1) is 25.3. The van der Waals surface area contributed by atoms with E-state index < -0.39 is 40.8 Å². The number of hydrogen-bond acceptors (Lipinski definition) is 6. The molecule has 274 valence electrons. The van der Waals surface area contributed by atoms with Gasteiger partial charge in [0.25, 0.3) is 0 Å². The van der Waals surface area contributed by atoms with E-state index in [0.29, 0.717) is 38.1 Å². The van der Waals surface area contributed by atoms with Gasteiger partial charge in [-0.2, -0.15) is 0 Å². The lowest BCUT2D eigenvalue weighted by Crippen LogP contribution is -2.68. The van der Waals surface area contributed by atoms with Crippen LogP contribution in [0.15, 0.2) is 115 Å². The van der Waals surface area contributed by atoms with Crippen molar-refractivity contribution in [2.75, 3.05) is 13.2 Å². The molecular weight excluding hydrogens is 649 g/mol. The molecule has 52 heavy (non-hydrogen) atoms. The molecule has 1 N–H and O–H groups in total. The summed E-state index contributed by atoms with van der Waals surface area (Å²) in [5, 5.41) is 13.1. The van der Waals surface area contributed by atoms with Crippen molar-refractivity contribution >= 4 is 5.97 Å². The van der Waals surface area contributed by atoms with Gasteiger partial charge in [0.05, 0.1) is 32.0 Å². The Morgan fingerprint density at radius 3 is 2.13 bits per heavy atom. The minimum atomic E-state index is -1.18. The number of carbonyl (C=O) groups is 1. The Balaban J connectivity index is 1.29. The second-order valence-electron chi connectivity index (χ2n) is 16.4. The molecule has 1 heterocycles. The Hall–Kier alpha value is -3.55. The number of hydrogen-bond donors (Lipinski definition) is 1. The summed E-state index contributed by atoms with van der Waals surface area (Å²) in [7, 11) is 0. The van der Waals surface area contributed by atoms with Crippen LogP contribution in [-0.2, 0) is 30.3 Å². The van der Waals surface area contributed by atoms with Crippen molar-refractivity contribution in [3.05, 3.63) is 132 Å². The molecular formula is C46H54O6. The van der Waals surface area contributed by atoms with Crippen LogP contribution < -0.4 is 0 Å². The van der Waals surface area contributed by atoms with E-state index in [2.05, 4.69) is 33.4 Å². The summed E-state index contributed by atoms with van der Waals surface area (Å²) in [6, 6.07) is 30.2. The van der Waals surface area contributed by atoms with Crippen LogP contribution in [0.5, 0.6) is 0 Å². The van der Waals surface area contributed by atoms with Crippen molar-refractivity contribution in [2.24, 2.45) is 45.8 Å². The number of ether oxygens (including phenoxy) is 4. The summed E-state index contributed by atoms with van der Waals surface area (Å²) < 4.78 is 26.8. The van der Waals surface area contributed by atoms with Gasteiger partial charge in [0.2, 0.25) is 0 Å². The summed E-state index contributed by atoms with van der Waals surface area (Å²) in [5.41, 5.74) is 1.26. The molecule has 3 saturated carbocycles. The van der Waals surface area contributed by atoms with Crippen LogP contribution >= 0.6 is 0 Å². The highest BCUT2D eigenvalue weighted by atomic mass is 16.7. The van der Waals surface area contributed by atoms with Crippen molar-refractivity contribution in [1.82, 2.24) is 0 Å². The lowest BCUT2D eigenvalue weighted by atomic mass is 9.40. The van der Waals surface area contributed by atoms with Gasteiger partial charge in [-0.25, -0.2) is 0 Å². The Bertz CT molecular complexity index is 1710. The number of fused-ring (bicyclic) bond motifs is 2. The van der Waals surface area contributed by atoms with Crippen LogP contribution in [0.4, 0.5) is 0 Å². The van der Waals surface area contributed by atoms with E-state index in [1.807, 2.05) is 97.1 Å². The first-order valence-corrected chi connectivity index (χ1v) is 19.5. The average molecular weight is 703 g/mol. The molecule has 1 saturated heterocycles. The Kier molecular flexibility index (Phi) is 9.57. The van der Waals surface area contributed by atoms with E-state index in [1.165, 1.54) is 0 Å². The summed E-state index contributed by atoms with van der Waals surface area (Å²) in [6.07, 6.45) is 5.58. The number of carbonyl (C=O) groups excluding carboxylic acids is 1. The molecule has 4 aliphatic carbocycles. The zero-order valence-corrected chi connectivity index (χ0v) is 30.9. The highest BCUT2D eigenvalue weighted by Gasteiger charge is 2.88. The quantitative estimate of drug-likeness (QED) is 0.142. The zero-order valence-electron chi connectivity index (χ0n) is 30.9. The fraction of sp³-hybridized carbons (Fsp3) is 0.500. The van der Waals surface area contributed by atoms with E-state index in [-0.39, 0.29) is 23.7 Å². The number of allylic oxidation sites excluding steroid dienone is 1. The topological polar surface area (TPSA) is 74.2 Å². The van der Waals surface area contributed by atoms with Gasteiger partial charge in [-0.15, -0.1) is 6.58 Å². The molecule has 0 spiro atoms. The molecule has 3 aromatic carbocycles. The van der Waals surface area contributed by atoms with E-state index in [4.69, 9.17) is 18.9 Å². The normalized spacial score (nSPS) is 33.2. The Morgan fingerprint density at radius 2 is 1.54 bits per heavy atom. The molecule has 3 aromatic rings. The largest absolute Gasteiger partial charge is 0.452 e. The molecule has 1 aliphatic heterocycles. The van der Waals surface area contributed by atoms with Crippen LogP contribution in [0.25, 0.3) is 0 Å². The average Bonchev–Trinajstić information content (AvgIpc) is 3.95. The van der Waals surface area contributed by atoms with Gasteiger partial charge < -0.3 is 24.1 Å².